The van der Waals surface area contributed by atoms with Crippen molar-refractivity contribution in [2.45, 2.75) is 39.0 Å². The lowest BCUT2D eigenvalue weighted by Gasteiger charge is -2.25. The molecule has 0 saturated carbocycles. The average Bonchev–Trinajstić information content (AvgIpc) is 2.55. The van der Waals surface area contributed by atoms with Gasteiger partial charge in [-0.15, -0.1) is 13.2 Å². The van der Waals surface area contributed by atoms with Gasteiger partial charge in [0.15, 0.2) is 0 Å². The standard InChI is InChI=1S/C17H23F3N2O2/c1-3-22(4-2)16(23)14-9-13(12-5-7-21-8-6-12)10-15(11-14)24-17(18,19)20/h9-12,21H,3-8H2,1-2H3. The van der Waals surface area contributed by atoms with Gasteiger partial charge in [0.2, 0.25) is 0 Å². The van der Waals surface area contributed by atoms with Crippen molar-refractivity contribution in [3.8, 4) is 5.75 Å². The van der Waals surface area contributed by atoms with Crippen LogP contribution in [0.2, 0.25) is 0 Å². The van der Waals surface area contributed by atoms with E-state index in [0.29, 0.717) is 13.1 Å². The molecule has 0 unspecified atom stereocenters. The Morgan fingerprint density at radius 1 is 1.21 bits per heavy atom. The number of ether oxygens (including phenoxy) is 1. The molecule has 0 bridgehead atoms. The molecular weight excluding hydrogens is 321 g/mol. The molecule has 0 spiro atoms. The lowest BCUT2D eigenvalue weighted by Crippen LogP contribution is -2.31. The molecule has 0 radical (unpaired) electrons. The Labute approximate surface area is 140 Å². The number of carbonyl (C=O) groups excluding carboxylic acids is 1. The quantitative estimate of drug-likeness (QED) is 0.888. The molecule has 0 aliphatic carbocycles. The van der Waals surface area contributed by atoms with Gasteiger partial charge < -0.3 is 15.0 Å². The summed E-state index contributed by atoms with van der Waals surface area (Å²) in [5, 5.41) is 3.22. The minimum atomic E-state index is -4.78. The van der Waals surface area contributed by atoms with Crippen molar-refractivity contribution in [3.05, 3.63) is 29.3 Å². The van der Waals surface area contributed by atoms with Gasteiger partial charge in [-0.25, -0.2) is 0 Å². The van der Waals surface area contributed by atoms with Crippen molar-refractivity contribution in [3.63, 3.8) is 0 Å². The first-order valence-corrected chi connectivity index (χ1v) is 8.24. The van der Waals surface area contributed by atoms with Crippen molar-refractivity contribution in [1.82, 2.24) is 10.2 Å². The third kappa shape index (κ3) is 4.87. The molecule has 1 aromatic rings. The molecule has 1 N–H and O–H groups in total. The number of carbonyl (C=O) groups is 1. The minimum Gasteiger partial charge on any atom is -0.406 e. The molecule has 1 saturated heterocycles. The van der Waals surface area contributed by atoms with E-state index in [0.717, 1.165) is 31.5 Å². The van der Waals surface area contributed by atoms with E-state index >= 15 is 0 Å². The maximum Gasteiger partial charge on any atom is 0.573 e. The summed E-state index contributed by atoms with van der Waals surface area (Å²) >= 11 is 0. The highest BCUT2D eigenvalue weighted by atomic mass is 19.4. The Morgan fingerprint density at radius 2 is 1.83 bits per heavy atom. The highest BCUT2D eigenvalue weighted by Crippen LogP contribution is 2.32. The Morgan fingerprint density at radius 3 is 2.38 bits per heavy atom. The van der Waals surface area contributed by atoms with E-state index in [4.69, 9.17) is 0 Å². The fourth-order valence-corrected chi connectivity index (χ4v) is 3.02. The lowest BCUT2D eigenvalue weighted by atomic mass is 9.89. The molecule has 134 valence electrons. The Bertz CT molecular complexity index is 565. The number of benzene rings is 1. The van der Waals surface area contributed by atoms with Gasteiger partial charge in [-0.3, -0.25) is 4.79 Å². The second-order valence-corrected chi connectivity index (χ2v) is 5.84. The molecule has 24 heavy (non-hydrogen) atoms. The number of nitrogens with zero attached hydrogens (tertiary/aromatic N) is 1. The molecule has 1 heterocycles. The molecule has 0 atom stereocenters. The van der Waals surface area contributed by atoms with Crippen LogP contribution in [0.25, 0.3) is 0 Å². The summed E-state index contributed by atoms with van der Waals surface area (Å²) in [6.07, 6.45) is -3.12. The van der Waals surface area contributed by atoms with Crippen LogP contribution in [0.4, 0.5) is 13.2 Å². The van der Waals surface area contributed by atoms with Gasteiger partial charge in [0, 0.05) is 18.7 Å². The summed E-state index contributed by atoms with van der Waals surface area (Å²) < 4.78 is 41.9. The van der Waals surface area contributed by atoms with E-state index in [1.54, 1.807) is 11.0 Å². The van der Waals surface area contributed by atoms with E-state index in [9.17, 15) is 18.0 Å². The zero-order valence-electron chi connectivity index (χ0n) is 13.9. The number of halogens is 3. The Balaban J connectivity index is 2.37. The normalized spacial score (nSPS) is 16.0. The molecule has 2 rings (SSSR count). The zero-order valence-corrected chi connectivity index (χ0v) is 13.9. The topological polar surface area (TPSA) is 41.6 Å². The second kappa shape index (κ2) is 7.88. The molecule has 1 aromatic carbocycles. The summed E-state index contributed by atoms with van der Waals surface area (Å²) in [5.41, 5.74) is 0.975. The summed E-state index contributed by atoms with van der Waals surface area (Å²) in [4.78, 5) is 14.1. The molecular formula is C17H23F3N2O2. The van der Waals surface area contributed by atoms with E-state index in [1.807, 2.05) is 13.8 Å². The molecule has 1 fully saturated rings. The smallest absolute Gasteiger partial charge is 0.406 e. The van der Waals surface area contributed by atoms with E-state index < -0.39 is 6.36 Å². The summed E-state index contributed by atoms with van der Waals surface area (Å²) in [7, 11) is 0. The average molecular weight is 344 g/mol. The first kappa shape index (κ1) is 18.6. The zero-order chi connectivity index (χ0) is 17.7. The van der Waals surface area contributed by atoms with Crippen LogP contribution < -0.4 is 10.1 Å². The monoisotopic (exact) mass is 344 g/mol. The van der Waals surface area contributed by atoms with E-state index in [1.165, 1.54) is 12.1 Å². The van der Waals surface area contributed by atoms with Gasteiger partial charge >= 0.3 is 6.36 Å². The highest BCUT2D eigenvalue weighted by molar-refractivity contribution is 5.94. The Hall–Kier alpha value is -1.76. The van der Waals surface area contributed by atoms with Crippen molar-refractivity contribution < 1.29 is 22.7 Å². The fourth-order valence-electron chi connectivity index (χ4n) is 3.02. The van der Waals surface area contributed by atoms with Crippen LogP contribution in [-0.4, -0.2) is 43.3 Å². The summed E-state index contributed by atoms with van der Waals surface area (Å²) in [6, 6.07) is 4.29. The van der Waals surface area contributed by atoms with E-state index in [2.05, 4.69) is 10.1 Å². The first-order valence-electron chi connectivity index (χ1n) is 8.24. The number of hydrogen-bond donors (Lipinski definition) is 1. The van der Waals surface area contributed by atoms with Crippen molar-refractivity contribution in [1.29, 1.82) is 0 Å². The molecule has 7 heteroatoms. The Kier molecular flexibility index (Phi) is 6.10. The number of alkyl halides is 3. The van der Waals surface area contributed by atoms with Crippen molar-refractivity contribution >= 4 is 5.91 Å². The number of nitrogens with one attached hydrogen (secondary N) is 1. The number of amides is 1. The maximum atomic E-state index is 12.6. The van der Waals surface area contributed by atoms with Crippen LogP contribution in [0.3, 0.4) is 0 Å². The van der Waals surface area contributed by atoms with Crippen LogP contribution in [-0.2, 0) is 0 Å². The summed E-state index contributed by atoms with van der Waals surface area (Å²) in [6.45, 7) is 6.31. The van der Waals surface area contributed by atoms with Crippen LogP contribution in [0.5, 0.6) is 5.75 Å². The second-order valence-electron chi connectivity index (χ2n) is 5.84. The third-order valence-corrected chi connectivity index (χ3v) is 4.27. The maximum absolute atomic E-state index is 12.6. The molecule has 1 aliphatic heterocycles. The molecule has 0 aromatic heterocycles. The van der Waals surface area contributed by atoms with Gasteiger partial charge in [0.1, 0.15) is 5.75 Å². The lowest BCUT2D eigenvalue weighted by molar-refractivity contribution is -0.274. The summed E-state index contributed by atoms with van der Waals surface area (Å²) in [5.74, 6) is -0.469. The largest absolute Gasteiger partial charge is 0.573 e. The number of rotatable bonds is 5. The third-order valence-electron chi connectivity index (χ3n) is 4.27. The van der Waals surface area contributed by atoms with Crippen LogP contribution in [0.1, 0.15) is 48.5 Å². The first-order chi connectivity index (χ1) is 11.3. The van der Waals surface area contributed by atoms with Gasteiger partial charge in [0.05, 0.1) is 0 Å². The molecule has 1 aliphatic rings. The van der Waals surface area contributed by atoms with Crippen molar-refractivity contribution in [2.24, 2.45) is 0 Å². The van der Waals surface area contributed by atoms with Gasteiger partial charge in [-0.05, 0) is 69.5 Å². The van der Waals surface area contributed by atoms with Gasteiger partial charge in [0.25, 0.3) is 5.91 Å². The fraction of sp³-hybridized carbons (Fsp3) is 0.588. The predicted octanol–water partition coefficient (Wildman–Crippen LogP) is 3.53. The minimum absolute atomic E-state index is 0.131. The van der Waals surface area contributed by atoms with Gasteiger partial charge in [-0.1, -0.05) is 0 Å². The van der Waals surface area contributed by atoms with Crippen molar-refractivity contribution in [2.75, 3.05) is 26.2 Å². The van der Waals surface area contributed by atoms with Crippen LogP contribution >= 0.6 is 0 Å². The SMILES string of the molecule is CCN(CC)C(=O)c1cc(OC(F)(F)F)cc(C2CCNCC2)c1. The predicted molar refractivity (Wildman–Crippen MR) is 85.2 cm³/mol. The van der Waals surface area contributed by atoms with Gasteiger partial charge in [-0.2, -0.15) is 0 Å². The van der Waals surface area contributed by atoms with E-state index in [-0.39, 0.29) is 23.1 Å². The number of hydrogen-bond acceptors (Lipinski definition) is 3. The molecule has 1 amide bonds. The number of piperidine rings is 1. The van der Waals surface area contributed by atoms with Crippen LogP contribution in [0, 0.1) is 0 Å². The van der Waals surface area contributed by atoms with Crippen LogP contribution in [0.15, 0.2) is 18.2 Å². The highest BCUT2D eigenvalue weighted by Gasteiger charge is 2.32. The molecule has 4 nitrogen and oxygen atoms in total.